The number of ether oxygens (including phenoxy) is 1. The van der Waals surface area contributed by atoms with Gasteiger partial charge in [-0.1, -0.05) is 0 Å². The maximum absolute atomic E-state index is 12.2. The van der Waals surface area contributed by atoms with Gasteiger partial charge in [-0.3, -0.25) is 4.79 Å². The molecule has 1 aliphatic rings. The molecule has 2 N–H and O–H groups in total. The molecule has 6 heteroatoms. The quantitative estimate of drug-likeness (QED) is 0.846. The number of hydrogen-bond acceptors (Lipinski definition) is 5. The van der Waals surface area contributed by atoms with E-state index in [4.69, 9.17) is 4.74 Å². The zero-order chi connectivity index (χ0) is 14.5. The molecule has 0 aliphatic carbocycles. The van der Waals surface area contributed by atoms with Crippen molar-refractivity contribution in [3.05, 3.63) is 22.4 Å². The van der Waals surface area contributed by atoms with Gasteiger partial charge in [-0.15, -0.1) is 0 Å². The number of hydrogen-bond donors (Lipinski definition) is 2. The van der Waals surface area contributed by atoms with Crippen molar-refractivity contribution < 1.29 is 9.53 Å². The second kappa shape index (κ2) is 7.17. The number of amides is 1. The van der Waals surface area contributed by atoms with Gasteiger partial charge in [0.25, 0.3) is 0 Å². The Labute approximate surface area is 124 Å². The first kappa shape index (κ1) is 15.4. The maximum Gasteiger partial charge on any atom is 0.239 e. The van der Waals surface area contributed by atoms with Gasteiger partial charge in [0, 0.05) is 13.1 Å². The average Bonchev–Trinajstić information content (AvgIpc) is 2.92. The molecular weight excluding hydrogens is 274 g/mol. The van der Waals surface area contributed by atoms with E-state index >= 15 is 0 Å². The molecule has 0 aromatic carbocycles. The molecule has 1 aliphatic heterocycles. The number of nitrogens with one attached hydrogen (secondary N) is 2. The summed E-state index contributed by atoms with van der Waals surface area (Å²) in [6.45, 7) is 3.93. The third kappa shape index (κ3) is 3.79. The molecule has 1 unspecified atom stereocenters. The Morgan fingerprint density at radius 3 is 3.05 bits per heavy atom. The molecule has 112 valence electrons. The molecular formula is C14H23N3O2S. The van der Waals surface area contributed by atoms with Crippen LogP contribution in [0.2, 0.25) is 0 Å². The molecule has 0 bridgehead atoms. The Morgan fingerprint density at radius 2 is 2.45 bits per heavy atom. The zero-order valence-electron chi connectivity index (χ0n) is 12.3. The van der Waals surface area contributed by atoms with E-state index in [0.717, 1.165) is 6.54 Å². The predicted octanol–water partition coefficient (Wildman–Crippen LogP) is 0.844. The van der Waals surface area contributed by atoms with Gasteiger partial charge in [0.1, 0.15) is 6.04 Å². The molecule has 5 nitrogen and oxygen atoms in total. The molecule has 1 amide bonds. The van der Waals surface area contributed by atoms with Crippen molar-refractivity contribution in [1.29, 1.82) is 0 Å². The summed E-state index contributed by atoms with van der Waals surface area (Å²) in [5.41, 5.74) is 1.24. The molecule has 2 rings (SSSR count). The van der Waals surface area contributed by atoms with Crippen LogP contribution in [-0.2, 0) is 9.53 Å². The Morgan fingerprint density at radius 1 is 1.65 bits per heavy atom. The van der Waals surface area contributed by atoms with Crippen LogP contribution in [0.1, 0.15) is 18.5 Å². The third-order valence-electron chi connectivity index (χ3n) is 3.62. The van der Waals surface area contributed by atoms with Gasteiger partial charge in [-0.2, -0.15) is 11.3 Å². The number of rotatable bonds is 5. The first-order valence-corrected chi connectivity index (χ1v) is 7.85. The predicted molar refractivity (Wildman–Crippen MR) is 81.0 cm³/mol. The molecule has 0 radical (unpaired) electrons. The summed E-state index contributed by atoms with van der Waals surface area (Å²) in [7, 11) is 4.05. The van der Waals surface area contributed by atoms with Crippen LogP contribution < -0.4 is 10.6 Å². The van der Waals surface area contributed by atoms with Gasteiger partial charge in [-0.05, 0) is 43.4 Å². The van der Waals surface area contributed by atoms with Crippen LogP contribution in [0, 0.1) is 0 Å². The lowest BCUT2D eigenvalue weighted by molar-refractivity contribution is -0.129. The fourth-order valence-electron chi connectivity index (χ4n) is 2.40. The highest BCUT2D eigenvalue weighted by atomic mass is 32.1. The van der Waals surface area contributed by atoms with Crippen molar-refractivity contribution >= 4 is 17.2 Å². The van der Waals surface area contributed by atoms with Crippen LogP contribution in [0.15, 0.2) is 16.8 Å². The second-order valence-corrected chi connectivity index (χ2v) is 6.07. The first-order chi connectivity index (χ1) is 9.59. The summed E-state index contributed by atoms with van der Waals surface area (Å²) in [5.74, 6) is 0.0132. The van der Waals surface area contributed by atoms with Crippen molar-refractivity contribution in [2.24, 2.45) is 0 Å². The monoisotopic (exact) mass is 297 g/mol. The number of nitrogens with zero attached hydrogens (tertiary/aromatic N) is 1. The fourth-order valence-corrected chi connectivity index (χ4v) is 3.10. The van der Waals surface area contributed by atoms with Gasteiger partial charge in [0.2, 0.25) is 5.91 Å². The van der Waals surface area contributed by atoms with Crippen molar-refractivity contribution in [3.8, 4) is 0 Å². The summed E-state index contributed by atoms with van der Waals surface area (Å²) in [6, 6.07) is 2.05. The van der Waals surface area contributed by atoms with Gasteiger partial charge < -0.3 is 20.3 Å². The number of carbonyl (C=O) groups is 1. The van der Waals surface area contributed by atoms with E-state index in [1.807, 2.05) is 21.0 Å². The number of carbonyl (C=O) groups excluding carboxylic acids is 1. The summed E-state index contributed by atoms with van der Waals surface area (Å²) in [5, 5.41) is 10.4. The van der Waals surface area contributed by atoms with E-state index in [0.29, 0.717) is 13.2 Å². The molecule has 1 aromatic rings. The molecule has 1 saturated heterocycles. The summed E-state index contributed by atoms with van der Waals surface area (Å²) in [4.78, 5) is 14.4. The standard InChI is InChI=1S/C14H23N3O2S/c1-10-13(15-5-6-19-10)14(18)16-8-12(17(2)3)11-4-7-20-9-11/h4,7,9-10,12-13,15H,5-6,8H2,1-3H3,(H,16,18)/t10-,12?,13+/m1/s1. The molecule has 0 saturated carbocycles. The van der Waals surface area contributed by atoms with Crippen LogP contribution in [-0.4, -0.2) is 56.7 Å². The van der Waals surface area contributed by atoms with Crippen molar-refractivity contribution in [3.63, 3.8) is 0 Å². The zero-order valence-corrected chi connectivity index (χ0v) is 13.1. The minimum absolute atomic E-state index is 0.0132. The van der Waals surface area contributed by atoms with Crippen LogP contribution >= 0.6 is 11.3 Å². The summed E-state index contributed by atoms with van der Waals surface area (Å²) >= 11 is 1.68. The lowest BCUT2D eigenvalue weighted by atomic mass is 10.1. The molecule has 20 heavy (non-hydrogen) atoms. The van der Waals surface area contributed by atoms with E-state index < -0.39 is 0 Å². The van der Waals surface area contributed by atoms with E-state index in [2.05, 4.69) is 32.4 Å². The smallest absolute Gasteiger partial charge is 0.239 e. The highest BCUT2D eigenvalue weighted by Gasteiger charge is 2.28. The maximum atomic E-state index is 12.2. The van der Waals surface area contributed by atoms with Crippen molar-refractivity contribution in [2.75, 3.05) is 33.8 Å². The molecule has 0 spiro atoms. The lowest BCUT2D eigenvalue weighted by Crippen LogP contribution is -2.56. The van der Waals surface area contributed by atoms with Crippen LogP contribution in [0.5, 0.6) is 0 Å². The molecule has 1 fully saturated rings. The number of likely N-dealkylation sites (N-methyl/N-ethyl adjacent to an activating group) is 1. The second-order valence-electron chi connectivity index (χ2n) is 5.29. The summed E-state index contributed by atoms with van der Waals surface area (Å²) in [6.07, 6.45) is -0.0808. The van der Waals surface area contributed by atoms with E-state index in [1.165, 1.54) is 5.56 Å². The van der Waals surface area contributed by atoms with Crippen molar-refractivity contribution in [2.45, 2.75) is 25.1 Å². The highest BCUT2D eigenvalue weighted by Crippen LogP contribution is 2.20. The highest BCUT2D eigenvalue weighted by molar-refractivity contribution is 7.07. The fraction of sp³-hybridized carbons (Fsp3) is 0.643. The van der Waals surface area contributed by atoms with Gasteiger partial charge >= 0.3 is 0 Å². The van der Waals surface area contributed by atoms with Crippen LogP contribution in [0.4, 0.5) is 0 Å². The minimum atomic E-state index is -0.256. The topological polar surface area (TPSA) is 53.6 Å². The molecule has 1 aromatic heterocycles. The Bertz CT molecular complexity index is 422. The first-order valence-electron chi connectivity index (χ1n) is 6.91. The Kier molecular flexibility index (Phi) is 5.54. The Hall–Kier alpha value is -0.950. The third-order valence-corrected chi connectivity index (χ3v) is 4.32. The van der Waals surface area contributed by atoms with Crippen LogP contribution in [0.25, 0.3) is 0 Å². The summed E-state index contributed by atoms with van der Waals surface area (Å²) < 4.78 is 5.51. The van der Waals surface area contributed by atoms with Gasteiger partial charge in [0.15, 0.2) is 0 Å². The van der Waals surface area contributed by atoms with Crippen molar-refractivity contribution in [1.82, 2.24) is 15.5 Å². The minimum Gasteiger partial charge on any atom is -0.375 e. The Balaban J connectivity index is 1.90. The van der Waals surface area contributed by atoms with Crippen LogP contribution in [0.3, 0.4) is 0 Å². The SMILES string of the molecule is C[C@H]1OCCN[C@@H]1C(=O)NCC(c1ccsc1)N(C)C. The van der Waals surface area contributed by atoms with Gasteiger partial charge in [0.05, 0.1) is 18.8 Å². The van der Waals surface area contributed by atoms with E-state index in [1.54, 1.807) is 11.3 Å². The number of thiophene rings is 1. The number of morpholine rings is 1. The van der Waals surface area contributed by atoms with Gasteiger partial charge in [-0.25, -0.2) is 0 Å². The van der Waals surface area contributed by atoms with E-state index in [-0.39, 0.29) is 24.1 Å². The average molecular weight is 297 g/mol. The lowest BCUT2D eigenvalue weighted by Gasteiger charge is -2.30. The molecule has 2 heterocycles. The molecule has 3 atom stereocenters. The largest absolute Gasteiger partial charge is 0.375 e. The normalized spacial score (nSPS) is 24.6. The van der Waals surface area contributed by atoms with E-state index in [9.17, 15) is 4.79 Å².